The van der Waals surface area contributed by atoms with Gasteiger partial charge in [-0.25, -0.2) is 18.6 Å². The van der Waals surface area contributed by atoms with Crippen LogP contribution in [0.1, 0.15) is 22.6 Å². The van der Waals surface area contributed by atoms with E-state index in [1.165, 1.54) is 6.07 Å². The molecule has 0 bridgehead atoms. The highest BCUT2D eigenvalue weighted by molar-refractivity contribution is 14.1. The molecule has 0 amide bonds. The predicted octanol–water partition coefficient (Wildman–Crippen LogP) is 3.08. The molecule has 0 saturated carbocycles. The molecule has 0 aliphatic carbocycles. The summed E-state index contributed by atoms with van der Waals surface area (Å²) in [6.45, 7) is 0. The average molecular weight is 378 g/mol. The third-order valence-electron chi connectivity index (χ3n) is 1.36. The monoisotopic (exact) mass is 377 g/mol. The molecule has 0 spiro atoms. The summed E-state index contributed by atoms with van der Waals surface area (Å²) in [5, 5.41) is 8.58. The van der Waals surface area contributed by atoms with Crippen molar-refractivity contribution in [2.75, 3.05) is 0 Å². The number of rotatable bonds is 2. The van der Waals surface area contributed by atoms with E-state index in [1.807, 2.05) is 0 Å². The Morgan fingerprint density at radius 1 is 1.64 bits per heavy atom. The molecule has 1 heterocycles. The van der Waals surface area contributed by atoms with Gasteiger partial charge in [-0.15, -0.1) is 0 Å². The molecule has 0 aliphatic rings. The number of aromatic nitrogens is 1. The summed E-state index contributed by atoms with van der Waals surface area (Å²) >= 11 is 4.68. The van der Waals surface area contributed by atoms with E-state index in [1.54, 1.807) is 22.6 Å². The lowest BCUT2D eigenvalue weighted by molar-refractivity contribution is 0.0688. The van der Waals surface area contributed by atoms with Crippen LogP contribution in [-0.4, -0.2) is 16.1 Å². The summed E-state index contributed by atoms with van der Waals surface area (Å²) in [7, 11) is 0. The van der Waals surface area contributed by atoms with Crippen molar-refractivity contribution in [2.24, 2.45) is 0 Å². The van der Waals surface area contributed by atoms with E-state index < -0.39 is 18.1 Å². The molecule has 0 radical (unpaired) electrons. The molecule has 0 aliphatic heterocycles. The molecule has 0 saturated heterocycles. The second kappa shape index (κ2) is 4.47. The van der Waals surface area contributed by atoms with Crippen LogP contribution in [0.5, 0.6) is 0 Å². The first-order valence-electron chi connectivity index (χ1n) is 3.31. The van der Waals surface area contributed by atoms with Crippen LogP contribution in [0.15, 0.2) is 10.5 Å². The van der Waals surface area contributed by atoms with Crippen LogP contribution < -0.4 is 0 Å². The Kier molecular flexibility index (Phi) is 3.76. The zero-order chi connectivity index (χ0) is 10.9. The van der Waals surface area contributed by atoms with E-state index in [2.05, 4.69) is 20.9 Å². The van der Waals surface area contributed by atoms with Crippen molar-refractivity contribution in [3.63, 3.8) is 0 Å². The molecular weight excluding hydrogens is 375 g/mol. The lowest BCUT2D eigenvalue weighted by Crippen LogP contribution is -2.05. The minimum atomic E-state index is -2.79. The molecule has 7 heteroatoms. The summed E-state index contributed by atoms with van der Waals surface area (Å²) in [5.41, 5.74) is -0.929. The highest BCUT2D eigenvalue weighted by atomic mass is 127. The zero-order valence-corrected chi connectivity index (χ0v) is 10.2. The third-order valence-corrected chi connectivity index (χ3v) is 3.79. The van der Waals surface area contributed by atoms with Crippen molar-refractivity contribution < 1.29 is 18.7 Å². The highest BCUT2D eigenvalue weighted by Crippen LogP contribution is 2.29. The fourth-order valence-corrected chi connectivity index (χ4v) is 1.72. The molecule has 1 rings (SSSR count). The van der Waals surface area contributed by atoms with Gasteiger partial charge in [0.15, 0.2) is 0 Å². The van der Waals surface area contributed by atoms with Gasteiger partial charge in [0, 0.05) is 3.57 Å². The second-order valence-corrected chi connectivity index (χ2v) is 4.25. The van der Waals surface area contributed by atoms with Gasteiger partial charge in [0.25, 0.3) is 6.43 Å². The minimum Gasteiger partial charge on any atom is -0.477 e. The Balaban J connectivity index is 3.35. The van der Waals surface area contributed by atoms with Gasteiger partial charge in [-0.05, 0) is 44.6 Å². The van der Waals surface area contributed by atoms with Crippen molar-refractivity contribution in [2.45, 2.75) is 6.43 Å². The van der Waals surface area contributed by atoms with Gasteiger partial charge >= 0.3 is 5.97 Å². The molecule has 76 valence electrons. The van der Waals surface area contributed by atoms with E-state index in [0.717, 1.165) is 0 Å². The summed E-state index contributed by atoms with van der Waals surface area (Å²) < 4.78 is 25.3. The van der Waals surface area contributed by atoms with Crippen molar-refractivity contribution in [1.29, 1.82) is 0 Å². The van der Waals surface area contributed by atoms with E-state index in [4.69, 9.17) is 5.11 Å². The minimum absolute atomic E-state index is 0.137. The van der Waals surface area contributed by atoms with E-state index in [-0.39, 0.29) is 10.2 Å². The molecular formula is C7H3BrF2INO2. The lowest BCUT2D eigenvalue weighted by Gasteiger charge is -2.05. The van der Waals surface area contributed by atoms with Crippen LogP contribution in [0.25, 0.3) is 0 Å². The highest BCUT2D eigenvalue weighted by Gasteiger charge is 2.19. The predicted molar refractivity (Wildman–Crippen MR) is 56.6 cm³/mol. The second-order valence-electron chi connectivity index (χ2n) is 2.29. The first kappa shape index (κ1) is 11.8. The number of hydrogen-bond acceptors (Lipinski definition) is 2. The largest absolute Gasteiger partial charge is 0.477 e. The number of nitrogens with zero attached hydrogens (tertiary/aromatic N) is 1. The Hall–Kier alpha value is -0.310. The Labute approximate surface area is 99.8 Å². The number of alkyl halides is 2. The molecule has 0 unspecified atom stereocenters. The van der Waals surface area contributed by atoms with Gasteiger partial charge in [-0.1, -0.05) is 0 Å². The molecule has 0 fully saturated rings. The third kappa shape index (κ3) is 2.38. The molecule has 0 atom stereocenters. The molecule has 14 heavy (non-hydrogen) atoms. The fourth-order valence-electron chi connectivity index (χ4n) is 0.771. The van der Waals surface area contributed by atoms with Gasteiger partial charge in [-0.2, -0.15) is 0 Å². The number of carboxylic acid groups (broad SMARTS) is 1. The Morgan fingerprint density at radius 2 is 2.21 bits per heavy atom. The quantitative estimate of drug-likeness (QED) is 0.806. The molecule has 3 nitrogen and oxygen atoms in total. The number of aromatic carboxylic acids is 1. The zero-order valence-electron chi connectivity index (χ0n) is 6.47. The fraction of sp³-hybridized carbons (Fsp3) is 0.143. The topological polar surface area (TPSA) is 50.2 Å². The van der Waals surface area contributed by atoms with Crippen molar-refractivity contribution >= 4 is 44.5 Å². The van der Waals surface area contributed by atoms with Crippen molar-refractivity contribution in [3.05, 3.63) is 25.5 Å². The van der Waals surface area contributed by atoms with E-state index >= 15 is 0 Å². The number of carbonyl (C=O) groups is 1. The van der Waals surface area contributed by atoms with Crippen LogP contribution in [0.3, 0.4) is 0 Å². The molecule has 0 aromatic carbocycles. The van der Waals surface area contributed by atoms with Crippen LogP contribution in [0.2, 0.25) is 0 Å². The van der Waals surface area contributed by atoms with Crippen molar-refractivity contribution in [1.82, 2.24) is 4.98 Å². The maximum Gasteiger partial charge on any atom is 0.354 e. The normalized spacial score (nSPS) is 10.6. The van der Waals surface area contributed by atoms with E-state index in [0.29, 0.717) is 3.57 Å². The number of halogens is 4. The number of carboxylic acids is 1. The Bertz CT molecular complexity index is 386. The van der Waals surface area contributed by atoms with Crippen LogP contribution in [0.4, 0.5) is 8.78 Å². The van der Waals surface area contributed by atoms with E-state index in [9.17, 15) is 13.6 Å². The van der Waals surface area contributed by atoms with Gasteiger partial charge < -0.3 is 5.11 Å². The number of hydrogen-bond donors (Lipinski definition) is 1. The summed E-state index contributed by atoms with van der Waals surface area (Å²) in [4.78, 5) is 13.8. The average Bonchev–Trinajstić information content (AvgIpc) is 2.08. The lowest BCUT2D eigenvalue weighted by atomic mass is 10.3. The molecule has 1 aromatic rings. The van der Waals surface area contributed by atoms with Gasteiger partial charge in [0.05, 0.1) is 4.47 Å². The Morgan fingerprint density at radius 3 is 2.64 bits per heavy atom. The van der Waals surface area contributed by atoms with Crippen molar-refractivity contribution in [3.8, 4) is 0 Å². The number of pyridine rings is 1. The first-order valence-corrected chi connectivity index (χ1v) is 5.18. The first-order chi connectivity index (χ1) is 6.43. The van der Waals surface area contributed by atoms with Crippen LogP contribution >= 0.6 is 38.5 Å². The summed E-state index contributed by atoms with van der Waals surface area (Å²) in [6.07, 6.45) is -2.79. The standard InChI is InChI=1S/C7H3BrF2INO2/c8-4-2(11)1-3(7(13)14)12-5(4)6(9)10/h1,6H,(H,13,14). The summed E-state index contributed by atoms with van der Waals surface area (Å²) in [5.74, 6) is -1.32. The van der Waals surface area contributed by atoms with Gasteiger partial charge in [0.2, 0.25) is 0 Å². The van der Waals surface area contributed by atoms with Crippen LogP contribution in [-0.2, 0) is 0 Å². The van der Waals surface area contributed by atoms with Crippen LogP contribution in [0, 0.1) is 3.57 Å². The molecule has 1 N–H and O–H groups in total. The SMILES string of the molecule is O=C(O)c1cc(I)c(Br)c(C(F)F)n1. The smallest absolute Gasteiger partial charge is 0.354 e. The van der Waals surface area contributed by atoms with Gasteiger partial charge in [-0.3, -0.25) is 0 Å². The summed E-state index contributed by atoms with van der Waals surface area (Å²) in [6, 6.07) is 1.22. The van der Waals surface area contributed by atoms with Gasteiger partial charge in [0.1, 0.15) is 11.4 Å². The maximum atomic E-state index is 12.4. The molecule has 1 aromatic heterocycles. The maximum absolute atomic E-state index is 12.4.